The first-order valence-electron chi connectivity index (χ1n) is 3.07. The van der Waals surface area contributed by atoms with Crippen LogP contribution < -0.4 is 5.32 Å². The number of methoxy groups -OCH3 is 1. The average Bonchev–Trinajstić information content (AvgIpc) is 1.84. The maximum absolute atomic E-state index is 10.7. The average molecular weight is 129 g/mol. The molecule has 0 spiro atoms. The van der Waals surface area contributed by atoms with Gasteiger partial charge in [0.1, 0.15) is 0 Å². The smallest absolute Gasteiger partial charge is 0.311 e. The van der Waals surface area contributed by atoms with E-state index in [-0.39, 0.29) is 11.9 Å². The lowest BCUT2D eigenvalue weighted by molar-refractivity contribution is -0.148. The van der Waals surface area contributed by atoms with Crippen molar-refractivity contribution in [3.05, 3.63) is 0 Å². The Morgan fingerprint density at radius 2 is 2.44 bits per heavy atom. The van der Waals surface area contributed by atoms with Crippen LogP contribution in [0.3, 0.4) is 0 Å². The number of esters is 1. The van der Waals surface area contributed by atoms with Gasteiger partial charge in [-0.15, -0.1) is 0 Å². The molecule has 0 aromatic rings. The zero-order valence-corrected chi connectivity index (χ0v) is 5.68. The zero-order chi connectivity index (χ0) is 6.85. The Hall–Kier alpha value is -0.570. The van der Waals surface area contributed by atoms with Crippen LogP contribution in [0.25, 0.3) is 0 Å². The highest BCUT2D eigenvalue weighted by Crippen LogP contribution is 2.12. The molecule has 1 heterocycles. The van der Waals surface area contributed by atoms with Gasteiger partial charge in [0.25, 0.3) is 0 Å². The van der Waals surface area contributed by atoms with Gasteiger partial charge >= 0.3 is 5.97 Å². The Morgan fingerprint density at radius 1 is 1.78 bits per heavy atom. The summed E-state index contributed by atoms with van der Waals surface area (Å²) in [5.41, 5.74) is 0. The van der Waals surface area contributed by atoms with E-state index in [1.54, 1.807) is 0 Å². The number of nitrogens with one attached hydrogen (secondary N) is 1. The molecular weight excluding hydrogens is 118 g/mol. The van der Waals surface area contributed by atoms with Crippen LogP contribution in [0.4, 0.5) is 0 Å². The second-order valence-corrected chi connectivity index (χ2v) is 2.33. The Labute approximate surface area is 54.4 Å². The molecular formula is C6H11NO2. The molecule has 1 fully saturated rings. The Morgan fingerprint density at radius 3 is 2.56 bits per heavy atom. The van der Waals surface area contributed by atoms with Gasteiger partial charge in [-0.2, -0.15) is 0 Å². The number of rotatable bonds is 1. The summed E-state index contributed by atoms with van der Waals surface area (Å²) >= 11 is 0. The van der Waals surface area contributed by atoms with Crippen LogP contribution in [-0.4, -0.2) is 25.7 Å². The predicted octanol–water partition coefficient (Wildman–Crippen LogP) is -0.233. The SMILES string of the molecule is COC(=O)[C@@H]1CN[C@@H]1C. The normalized spacial score (nSPS) is 33.1. The largest absolute Gasteiger partial charge is 0.469 e. The standard InChI is InChI=1S/C6H11NO2/c1-4-5(3-7-4)6(8)9-2/h4-5,7H,3H2,1-2H3/t4-,5-/m1/s1. The van der Waals surface area contributed by atoms with Crippen molar-refractivity contribution in [2.24, 2.45) is 5.92 Å². The van der Waals surface area contributed by atoms with Crippen molar-refractivity contribution in [1.82, 2.24) is 5.32 Å². The Balaban J connectivity index is 2.35. The first-order valence-corrected chi connectivity index (χ1v) is 3.07. The number of carbonyl (C=O) groups excluding carboxylic acids is 1. The molecule has 0 aliphatic carbocycles. The molecule has 0 bridgehead atoms. The molecule has 2 atom stereocenters. The molecule has 0 amide bonds. The van der Waals surface area contributed by atoms with Crippen molar-refractivity contribution < 1.29 is 9.53 Å². The molecule has 3 heteroatoms. The molecule has 1 saturated heterocycles. The van der Waals surface area contributed by atoms with Crippen molar-refractivity contribution in [1.29, 1.82) is 0 Å². The van der Waals surface area contributed by atoms with E-state index in [1.165, 1.54) is 7.11 Å². The lowest BCUT2D eigenvalue weighted by Gasteiger charge is -2.32. The van der Waals surface area contributed by atoms with Crippen molar-refractivity contribution in [3.63, 3.8) is 0 Å². The molecule has 1 rings (SSSR count). The first-order chi connectivity index (χ1) is 4.25. The summed E-state index contributed by atoms with van der Waals surface area (Å²) in [5.74, 6) is -0.00347. The van der Waals surface area contributed by atoms with Crippen molar-refractivity contribution in [2.45, 2.75) is 13.0 Å². The van der Waals surface area contributed by atoms with Gasteiger partial charge < -0.3 is 10.1 Å². The fraction of sp³-hybridized carbons (Fsp3) is 0.833. The highest BCUT2D eigenvalue weighted by molar-refractivity contribution is 5.74. The summed E-state index contributed by atoms with van der Waals surface area (Å²) in [7, 11) is 1.42. The Bertz CT molecular complexity index is 124. The quantitative estimate of drug-likeness (QED) is 0.497. The van der Waals surface area contributed by atoms with E-state index in [1.807, 2.05) is 6.92 Å². The van der Waals surface area contributed by atoms with Gasteiger partial charge in [-0.25, -0.2) is 0 Å². The zero-order valence-electron chi connectivity index (χ0n) is 5.68. The van der Waals surface area contributed by atoms with Gasteiger partial charge in [0.05, 0.1) is 13.0 Å². The van der Waals surface area contributed by atoms with Crippen molar-refractivity contribution in [2.75, 3.05) is 13.7 Å². The highest BCUT2D eigenvalue weighted by atomic mass is 16.5. The third-order valence-corrected chi connectivity index (χ3v) is 1.77. The molecule has 9 heavy (non-hydrogen) atoms. The van der Waals surface area contributed by atoms with E-state index in [0.717, 1.165) is 6.54 Å². The monoisotopic (exact) mass is 129 g/mol. The van der Waals surface area contributed by atoms with Crippen LogP contribution in [-0.2, 0) is 9.53 Å². The number of hydrogen-bond donors (Lipinski definition) is 1. The molecule has 0 aromatic heterocycles. The molecule has 3 nitrogen and oxygen atoms in total. The van der Waals surface area contributed by atoms with E-state index >= 15 is 0 Å². The highest BCUT2D eigenvalue weighted by Gasteiger charge is 2.33. The van der Waals surface area contributed by atoms with E-state index in [4.69, 9.17) is 0 Å². The molecule has 1 N–H and O–H groups in total. The van der Waals surface area contributed by atoms with Crippen LogP contribution in [0.1, 0.15) is 6.92 Å². The van der Waals surface area contributed by atoms with Crippen LogP contribution in [0.15, 0.2) is 0 Å². The second kappa shape index (κ2) is 2.35. The van der Waals surface area contributed by atoms with E-state index in [9.17, 15) is 4.79 Å². The lowest BCUT2D eigenvalue weighted by Crippen LogP contribution is -2.54. The predicted molar refractivity (Wildman–Crippen MR) is 33.0 cm³/mol. The Kier molecular flexibility index (Phi) is 1.71. The lowest BCUT2D eigenvalue weighted by atomic mass is 9.94. The van der Waals surface area contributed by atoms with Gasteiger partial charge in [-0.05, 0) is 6.92 Å². The van der Waals surface area contributed by atoms with Crippen LogP contribution >= 0.6 is 0 Å². The van der Waals surface area contributed by atoms with Gasteiger partial charge in [-0.1, -0.05) is 0 Å². The minimum atomic E-state index is -0.0961. The summed E-state index contributed by atoms with van der Waals surface area (Å²) in [6.07, 6.45) is 0. The summed E-state index contributed by atoms with van der Waals surface area (Å²) in [6, 6.07) is 0.303. The molecule has 0 unspecified atom stereocenters. The third kappa shape index (κ3) is 1.05. The molecule has 1 aliphatic rings. The van der Waals surface area contributed by atoms with E-state index in [2.05, 4.69) is 10.1 Å². The van der Waals surface area contributed by atoms with Gasteiger partial charge in [0.15, 0.2) is 0 Å². The first kappa shape index (κ1) is 6.55. The molecule has 52 valence electrons. The number of carbonyl (C=O) groups is 1. The second-order valence-electron chi connectivity index (χ2n) is 2.33. The minimum Gasteiger partial charge on any atom is -0.469 e. The summed E-state index contributed by atoms with van der Waals surface area (Å²) in [4.78, 5) is 10.7. The van der Waals surface area contributed by atoms with Crippen molar-refractivity contribution in [3.8, 4) is 0 Å². The van der Waals surface area contributed by atoms with Gasteiger partial charge in [0.2, 0.25) is 0 Å². The van der Waals surface area contributed by atoms with Crippen molar-refractivity contribution >= 4 is 5.97 Å². The number of ether oxygens (including phenoxy) is 1. The maximum Gasteiger partial charge on any atom is 0.311 e. The van der Waals surface area contributed by atoms with Crippen LogP contribution in [0.5, 0.6) is 0 Å². The number of hydrogen-bond acceptors (Lipinski definition) is 3. The fourth-order valence-electron chi connectivity index (χ4n) is 0.910. The van der Waals surface area contributed by atoms with Crippen LogP contribution in [0, 0.1) is 5.92 Å². The van der Waals surface area contributed by atoms with E-state index < -0.39 is 0 Å². The van der Waals surface area contributed by atoms with E-state index in [0.29, 0.717) is 6.04 Å². The fourth-order valence-corrected chi connectivity index (χ4v) is 0.910. The molecule has 1 aliphatic heterocycles. The van der Waals surface area contributed by atoms with Crippen LogP contribution in [0.2, 0.25) is 0 Å². The summed E-state index contributed by atoms with van der Waals surface area (Å²) in [6.45, 7) is 2.75. The molecule has 0 radical (unpaired) electrons. The molecule has 0 aromatic carbocycles. The topological polar surface area (TPSA) is 38.3 Å². The summed E-state index contributed by atoms with van der Waals surface area (Å²) < 4.78 is 4.55. The maximum atomic E-state index is 10.7. The van der Waals surface area contributed by atoms with Gasteiger partial charge in [-0.3, -0.25) is 4.79 Å². The van der Waals surface area contributed by atoms with Gasteiger partial charge in [0, 0.05) is 12.6 Å². The third-order valence-electron chi connectivity index (χ3n) is 1.77. The minimum absolute atomic E-state index is 0.0926. The molecule has 0 saturated carbocycles. The summed E-state index contributed by atoms with van der Waals surface area (Å²) in [5, 5.41) is 3.07.